The van der Waals surface area contributed by atoms with E-state index in [0.29, 0.717) is 12.0 Å². The largest absolute Gasteiger partial charge is 0.207 e. The Morgan fingerprint density at radius 2 is 2.05 bits per heavy atom. The van der Waals surface area contributed by atoms with Crippen molar-refractivity contribution < 1.29 is 8.78 Å². The lowest BCUT2D eigenvalue weighted by molar-refractivity contribution is 0.571. The van der Waals surface area contributed by atoms with Gasteiger partial charge in [0.2, 0.25) is 0 Å². The van der Waals surface area contributed by atoms with Crippen LogP contribution in [0.1, 0.15) is 32.7 Å². The SMILES string of the molecule is Fc1ccc(CC(Cl)c2cc3c(s2)CCC3)c(F)c1. The van der Waals surface area contributed by atoms with Crippen molar-refractivity contribution in [2.45, 2.75) is 31.1 Å². The van der Waals surface area contributed by atoms with Crippen molar-refractivity contribution in [1.82, 2.24) is 0 Å². The van der Waals surface area contributed by atoms with E-state index in [0.717, 1.165) is 23.8 Å². The number of benzene rings is 1. The minimum atomic E-state index is -0.553. The zero-order valence-electron chi connectivity index (χ0n) is 10.3. The molecule has 4 heteroatoms. The molecule has 0 amide bonds. The van der Waals surface area contributed by atoms with E-state index in [2.05, 4.69) is 6.07 Å². The molecule has 0 saturated heterocycles. The summed E-state index contributed by atoms with van der Waals surface area (Å²) >= 11 is 8.10. The third kappa shape index (κ3) is 2.67. The van der Waals surface area contributed by atoms with E-state index in [1.165, 1.54) is 29.0 Å². The van der Waals surface area contributed by atoms with Gasteiger partial charge in [-0.05, 0) is 48.9 Å². The first kappa shape index (κ1) is 13.1. The second-order valence-corrected chi connectivity index (χ2v) is 6.55. The van der Waals surface area contributed by atoms with Gasteiger partial charge in [0.25, 0.3) is 0 Å². The number of hydrogen-bond donors (Lipinski definition) is 0. The molecule has 0 aliphatic heterocycles. The van der Waals surface area contributed by atoms with Crippen LogP contribution < -0.4 is 0 Å². The first-order chi connectivity index (χ1) is 9.13. The fourth-order valence-corrected chi connectivity index (χ4v) is 4.09. The van der Waals surface area contributed by atoms with Gasteiger partial charge in [0.15, 0.2) is 0 Å². The fraction of sp³-hybridized carbons (Fsp3) is 0.333. The van der Waals surface area contributed by atoms with Crippen LogP contribution >= 0.6 is 22.9 Å². The second kappa shape index (κ2) is 5.22. The summed E-state index contributed by atoms with van der Waals surface area (Å²) in [6.07, 6.45) is 3.88. The zero-order valence-corrected chi connectivity index (χ0v) is 11.8. The Morgan fingerprint density at radius 3 is 2.79 bits per heavy atom. The first-order valence-corrected chi connectivity index (χ1v) is 7.58. The lowest BCUT2D eigenvalue weighted by Gasteiger charge is -2.08. The molecule has 1 heterocycles. The molecule has 1 atom stereocenters. The summed E-state index contributed by atoms with van der Waals surface area (Å²) in [5, 5.41) is -0.240. The third-order valence-electron chi connectivity index (χ3n) is 3.49. The maximum absolute atomic E-state index is 13.6. The predicted molar refractivity (Wildman–Crippen MR) is 75.0 cm³/mol. The number of fused-ring (bicyclic) bond motifs is 1. The van der Waals surface area contributed by atoms with Crippen molar-refractivity contribution in [3.8, 4) is 0 Å². The van der Waals surface area contributed by atoms with Gasteiger partial charge < -0.3 is 0 Å². The van der Waals surface area contributed by atoms with E-state index in [4.69, 9.17) is 11.6 Å². The molecule has 0 spiro atoms. The van der Waals surface area contributed by atoms with Crippen LogP contribution in [0.15, 0.2) is 24.3 Å². The van der Waals surface area contributed by atoms with Crippen LogP contribution in [-0.2, 0) is 19.3 Å². The van der Waals surface area contributed by atoms with Gasteiger partial charge in [0.05, 0.1) is 5.38 Å². The highest BCUT2D eigenvalue weighted by Crippen LogP contribution is 2.37. The van der Waals surface area contributed by atoms with Crippen LogP contribution in [0, 0.1) is 11.6 Å². The molecule has 1 aliphatic rings. The summed E-state index contributed by atoms with van der Waals surface area (Å²) in [5.41, 5.74) is 1.86. The van der Waals surface area contributed by atoms with Gasteiger partial charge in [-0.1, -0.05) is 6.07 Å². The van der Waals surface area contributed by atoms with Crippen LogP contribution in [0.4, 0.5) is 8.78 Å². The van der Waals surface area contributed by atoms with Gasteiger partial charge >= 0.3 is 0 Å². The van der Waals surface area contributed by atoms with Crippen LogP contribution in [0.3, 0.4) is 0 Å². The topological polar surface area (TPSA) is 0 Å². The smallest absolute Gasteiger partial charge is 0.129 e. The average molecular weight is 299 g/mol. The highest BCUT2D eigenvalue weighted by atomic mass is 35.5. The number of hydrogen-bond acceptors (Lipinski definition) is 1. The summed E-state index contributed by atoms with van der Waals surface area (Å²) in [6, 6.07) is 5.80. The molecular weight excluding hydrogens is 286 g/mol. The fourth-order valence-electron chi connectivity index (χ4n) is 2.49. The molecule has 1 aliphatic carbocycles. The van der Waals surface area contributed by atoms with Crippen molar-refractivity contribution in [2.24, 2.45) is 0 Å². The minimum Gasteiger partial charge on any atom is -0.207 e. The molecule has 0 fully saturated rings. The molecule has 1 aromatic heterocycles. The Morgan fingerprint density at radius 1 is 1.21 bits per heavy atom. The van der Waals surface area contributed by atoms with Gasteiger partial charge in [-0.15, -0.1) is 22.9 Å². The van der Waals surface area contributed by atoms with Gasteiger partial charge in [-0.3, -0.25) is 0 Å². The average Bonchev–Trinajstić information content (AvgIpc) is 2.93. The number of aryl methyl sites for hydroxylation is 2. The highest BCUT2D eigenvalue weighted by molar-refractivity contribution is 7.12. The second-order valence-electron chi connectivity index (χ2n) is 4.86. The van der Waals surface area contributed by atoms with Gasteiger partial charge in [0, 0.05) is 15.8 Å². The minimum absolute atomic E-state index is 0.240. The standard InChI is InChI=1S/C15H13ClF2S/c16-12(6-9-4-5-11(17)8-13(9)18)15-7-10-2-1-3-14(10)19-15/h4-5,7-8,12H,1-3,6H2. The Hall–Kier alpha value is -0.930. The quantitative estimate of drug-likeness (QED) is 0.697. The number of alkyl halides is 1. The monoisotopic (exact) mass is 298 g/mol. The molecule has 0 saturated carbocycles. The molecule has 0 radical (unpaired) electrons. The normalized spacial score (nSPS) is 15.5. The molecule has 2 aromatic rings. The summed E-state index contributed by atoms with van der Waals surface area (Å²) < 4.78 is 26.4. The van der Waals surface area contributed by atoms with Crippen molar-refractivity contribution in [2.75, 3.05) is 0 Å². The summed E-state index contributed by atoms with van der Waals surface area (Å²) in [7, 11) is 0. The van der Waals surface area contributed by atoms with Crippen molar-refractivity contribution in [1.29, 1.82) is 0 Å². The van der Waals surface area contributed by atoms with E-state index in [9.17, 15) is 8.78 Å². The van der Waals surface area contributed by atoms with E-state index >= 15 is 0 Å². The van der Waals surface area contributed by atoms with Gasteiger partial charge in [0.1, 0.15) is 11.6 Å². The first-order valence-electron chi connectivity index (χ1n) is 6.33. The van der Waals surface area contributed by atoms with Crippen molar-refractivity contribution in [3.63, 3.8) is 0 Å². The van der Waals surface area contributed by atoms with Crippen LogP contribution in [-0.4, -0.2) is 0 Å². The maximum atomic E-state index is 13.6. The lowest BCUT2D eigenvalue weighted by Crippen LogP contribution is -1.97. The molecule has 100 valence electrons. The molecule has 0 N–H and O–H groups in total. The highest BCUT2D eigenvalue weighted by Gasteiger charge is 2.20. The number of thiophene rings is 1. The molecule has 0 nitrogen and oxygen atoms in total. The van der Waals surface area contributed by atoms with Crippen LogP contribution in [0.5, 0.6) is 0 Å². The summed E-state index contributed by atoms with van der Waals surface area (Å²) in [6.45, 7) is 0. The van der Waals surface area contributed by atoms with Gasteiger partial charge in [-0.25, -0.2) is 8.78 Å². The molecule has 3 rings (SSSR count). The van der Waals surface area contributed by atoms with Crippen LogP contribution in [0.25, 0.3) is 0 Å². The van der Waals surface area contributed by atoms with E-state index < -0.39 is 11.6 Å². The predicted octanol–water partition coefficient (Wildman–Crippen LogP) is 5.04. The van der Waals surface area contributed by atoms with E-state index in [1.54, 1.807) is 11.3 Å². The maximum Gasteiger partial charge on any atom is 0.129 e. The van der Waals surface area contributed by atoms with Gasteiger partial charge in [-0.2, -0.15) is 0 Å². The Balaban J connectivity index is 1.78. The lowest BCUT2D eigenvalue weighted by atomic mass is 10.1. The molecular formula is C15H13ClF2S. The van der Waals surface area contributed by atoms with E-state index in [1.807, 2.05) is 0 Å². The number of rotatable bonds is 3. The van der Waals surface area contributed by atoms with E-state index in [-0.39, 0.29) is 5.38 Å². The number of halogens is 3. The Labute approximate surface area is 120 Å². The molecule has 19 heavy (non-hydrogen) atoms. The Kier molecular flexibility index (Phi) is 3.59. The molecule has 1 aromatic carbocycles. The van der Waals surface area contributed by atoms with Crippen molar-refractivity contribution in [3.05, 3.63) is 56.8 Å². The van der Waals surface area contributed by atoms with Crippen molar-refractivity contribution >= 4 is 22.9 Å². The van der Waals surface area contributed by atoms with Crippen LogP contribution in [0.2, 0.25) is 0 Å². The zero-order chi connectivity index (χ0) is 13.4. The Bertz CT molecular complexity index is 585. The third-order valence-corrected chi connectivity index (χ3v) is 5.36. The summed E-state index contributed by atoms with van der Waals surface area (Å²) in [5.74, 6) is -1.07. The molecule has 0 bridgehead atoms. The summed E-state index contributed by atoms with van der Waals surface area (Å²) in [4.78, 5) is 2.51. The molecule has 1 unspecified atom stereocenters.